The molecule has 0 amide bonds. The number of azide groups is 1. The van der Waals surface area contributed by atoms with Crippen molar-refractivity contribution in [2.45, 2.75) is 6.42 Å². The van der Waals surface area contributed by atoms with Crippen LogP contribution in [0.15, 0.2) is 29.4 Å². The van der Waals surface area contributed by atoms with Crippen molar-refractivity contribution >= 4 is 18.3 Å². The van der Waals surface area contributed by atoms with E-state index >= 15 is 0 Å². The third kappa shape index (κ3) is 3.44. The van der Waals surface area contributed by atoms with E-state index in [0.29, 0.717) is 5.69 Å². The van der Waals surface area contributed by atoms with Crippen molar-refractivity contribution in [1.29, 1.82) is 0 Å². The maximum absolute atomic E-state index is 8.24. The highest BCUT2D eigenvalue weighted by atomic mass is 32.1. The fourth-order valence-corrected chi connectivity index (χ4v) is 1.03. The number of rotatable bonds is 2. The summed E-state index contributed by atoms with van der Waals surface area (Å²) in [7, 11) is 0. The molecule has 0 bridgehead atoms. The molecule has 0 aliphatic heterocycles. The summed E-state index contributed by atoms with van der Waals surface area (Å²) >= 11 is 4.05. The van der Waals surface area contributed by atoms with Crippen LogP contribution in [0.5, 0.6) is 0 Å². The first-order valence-corrected chi connectivity index (χ1v) is 4.75. The minimum Gasteiger partial charge on any atom is -0.178 e. The van der Waals surface area contributed by atoms with Gasteiger partial charge in [0.15, 0.2) is 0 Å². The van der Waals surface area contributed by atoms with Crippen molar-refractivity contribution in [3.05, 3.63) is 40.3 Å². The lowest BCUT2D eigenvalue weighted by molar-refractivity contribution is 1.31. The lowest BCUT2D eigenvalue weighted by atomic mass is 10.2. The zero-order chi connectivity index (χ0) is 10.2. The largest absolute Gasteiger partial charge is 0.178 e. The van der Waals surface area contributed by atoms with E-state index in [-0.39, 0.29) is 0 Å². The van der Waals surface area contributed by atoms with Gasteiger partial charge in [0.1, 0.15) is 0 Å². The Labute approximate surface area is 88.2 Å². The van der Waals surface area contributed by atoms with E-state index in [9.17, 15) is 0 Å². The van der Waals surface area contributed by atoms with E-state index in [0.717, 1.165) is 17.7 Å². The molecular weight excluding hydrogens is 194 g/mol. The van der Waals surface area contributed by atoms with Crippen LogP contribution in [0, 0.1) is 11.8 Å². The average Bonchev–Trinajstić information content (AvgIpc) is 2.19. The summed E-state index contributed by atoms with van der Waals surface area (Å²) in [4.78, 5) is 2.71. The fourth-order valence-electron chi connectivity index (χ4n) is 0.918. The number of thiol groups is 1. The topological polar surface area (TPSA) is 48.8 Å². The number of hydrogen-bond donors (Lipinski definition) is 1. The highest BCUT2D eigenvalue weighted by Crippen LogP contribution is 2.13. The molecular formula is C10H9N3S. The molecule has 1 rings (SSSR count). The van der Waals surface area contributed by atoms with Gasteiger partial charge in [-0.3, -0.25) is 0 Å². The first-order chi connectivity index (χ1) is 6.86. The van der Waals surface area contributed by atoms with Crippen molar-refractivity contribution in [1.82, 2.24) is 0 Å². The molecule has 0 unspecified atom stereocenters. The average molecular weight is 203 g/mol. The molecule has 14 heavy (non-hydrogen) atoms. The van der Waals surface area contributed by atoms with Gasteiger partial charge >= 0.3 is 0 Å². The molecule has 0 aliphatic carbocycles. The predicted octanol–water partition coefficient (Wildman–Crippen LogP) is 3.30. The Morgan fingerprint density at radius 3 is 3.07 bits per heavy atom. The lowest BCUT2D eigenvalue weighted by Crippen LogP contribution is -1.73. The summed E-state index contributed by atoms with van der Waals surface area (Å²) in [5, 5.41) is 3.49. The highest BCUT2D eigenvalue weighted by Gasteiger charge is 1.89. The van der Waals surface area contributed by atoms with Gasteiger partial charge in [-0.05, 0) is 17.7 Å². The first kappa shape index (κ1) is 10.5. The summed E-state index contributed by atoms with van der Waals surface area (Å²) in [5.41, 5.74) is 9.68. The normalized spacial score (nSPS) is 8.36. The monoisotopic (exact) mass is 203 g/mol. The second-order valence-electron chi connectivity index (χ2n) is 2.52. The molecule has 0 N–H and O–H groups in total. The van der Waals surface area contributed by atoms with Gasteiger partial charge in [0, 0.05) is 28.3 Å². The molecule has 0 radical (unpaired) electrons. The second-order valence-corrected chi connectivity index (χ2v) is 2.96. The SMILES string of the molecule is [N-]=[N+]=Nc1cccc(C#CCCS)c1. The molecule has 4 heteroatoms. The van der Waals surface area contributed by atoms with Crippen LogP contribution in [0.3, 0.4) is 0 Å². The summed E-state index contributed by atoms with van der Waals surface area (Å²) in [5.74, 6) is 6.67. The minimum atomic E-state index is 0.588. The van der Waals surface area contributed by atoms with Crippen LogP contribution in [-0.4, -0.2) is 5.75 Å². The molecule has 0 saturated heterocycles. The van der Waals surface area contributed by atoms with Crippen LogP contribution in [0.1, 0.15) is 12.0 Å². The smallest absolute Gasteiger partial charge is 0.0387 e. The van der Waals surface area contributed by atoms with Crippen molar-refractivity contribution in [2.24, 2.45) is 5.11 Å². The van der Waals surface area contributed by atoms with Crippen LogP contribution in [-0.2, 0) is 0 Å². The van der Waals surface area contributed by atoms with Gasteiger partial charge in [-0.25, -0.2) is 0 Å². The third-order valence-corrected chi connectivity index (χ3v) is 1.70. The van der Waals surface area contributed by atoms with Crippen LogP contribution in [0.2, 0.25) is 0 Å². The van der Waals surface area contributed by atoms with Crippen LogP contribution in [0.25, 0.3) is 10.4 Å². The van der Waals surface area contributed by atoms with E-state index in [2.05, 4.69) is 34.5 Å². The standard InChI is InChI=1S/C10H9N3S/c11-13-12-10-6-3-5-9(8-10)4-1-2-7-14/h3,5-6,8,14H,2,7H2. The molecule has 0 saturated carbocycles. The van der Waals surface area contributed by atoms with Crippen molar-refractivity contribution < 1.29 is 0 Å². The quantitative estimate of drug-likeness (QED) is 0.252. The highest BCUT2D eigenvalue weighted by molar-refractivity contribution is 7.80. The molecule has 0 heterocycles. The third-order valence-electron chi connectivity index (χ3n) is 1.48. The summed E-state index contributed by atoms with van der Waals surface area (Å²) in [6.07, 6.45) is 0.759. The summed E-state index contributed by atoms with van der Waals surface area (Å²) in [6.45, 7) is 0. The number of hydrogen-bond acceptors (Lipinski definition) is 2. The molecule has 0 spiro atoms. The van der Waals surface area contributed by atoms with Gasteiger partial charge in [-0.2, -0.15) is 12.6 Å². The Kier molecular flexibility index (Phi) is 4.49. The molecule has 70 valence electrons. The van der Waals surface area contributed by atoms with E-state index in [1.165, 1.54) is 0 Å². The zero-order valence-electron chi connectivity index (χ0n) is 7.51. The van der Waals surface area contributed by atoms with Gasteiger partial charge < -0.3 is 0 Å². The predicted molar refractivity (Wildman–Crippen MR) is 60.6 cm³/mol. The maximum atomic E-state index is 8.24. The van der Waals surface area contributed by atoms with Gasteiger partial charge in [0.25, 0.3) is 0 Å². The van der Waals surface area contributed by atoms with E-state index < -0.39 is 0 Å². The van der Waals surface area contributed by atoms with Crippen molar-refractivity contribution in [2.75, 3.05) is 5.75 Å². The number of benzene rings is 1. The van der Waals surface area contributed by atoms with Crippen LogP contribution < -0.4 is 0 Å². The van der Waals surface area contributed by atoms with E-state index in [1.807, 2.05) is 12.1 Å². The fraction of sp³-hybridized carbons (Fsp3) is 0.200. The Morgan fingerprint density at radius 1 is 1.50 bits per heavy atom. The lowest BCUT2D eigenvalue weighted by Gasteiger charge is -1.91. The molecule has 0 aromatic heterocycles. The zero-order valence-corrected chi connectivity index (χ0v) is 8.41. The first-order valence-electron chi connectivity index (χ1n) is 4.11. The van der Waals surface area contributed by atoms with Gasteiger partial charge in [-0.15, -0.1) is 0 Å². The molecule has 0 aliphatic rings. The van der Waals surface area contributed by atoms with Gasteiger partial charge in [0.05, 0.1) is 0 Å². The Balaban J connectivity index is 2.84. The van der Waals surface area contributed by atoms with E-state index in [1.54, 1.807) is 12.1 Å². The Hall–Kier alpha value is -1.56. The maximum Gasteiger partial charge on any atom is 0.0387 e. The molecule has 1 aromatic carbocycles. The van der Waals surface area contributed by atoms with Gasteiger partial charge in [-0.1, -0.05) is 29.1 Å². The molecule has 0 atom stereocenters. The Bertz CT molecular complexity index is 411. The van der Waals surface area contributed by atoms with Crippen molar-refractivity contribution in [3.63, 3.8) is 0 Å². The summed E-state index contributed by atoms with van der Waals surface area (Å²) < 4.78 is 0. The Morgan fingerprint density at radius 2 is 2.36 bits per heavy atom. The van der Waals surface area contributed by atoms with Crippen molar-refractivity contribution in [3.8, 4) is 11.8 Å². The molecule has 1 aromatic rings. The van der Waals surface area contributed by atoms with Crippen LogP contribution in [0.4, 0.5) is 5.69 Å². The minimum absolute atomic E-state index is 0.588. The summed E-state index contributed by atoms with van der Waals surface area (Å²) in [6, 6.07) is 7.19. The molecule has 0 fully saturated rings. The molecule has 3 nitrogen and oxygen atoms in total. The van der Waals surface area contributed by atoms with Gasteiger partial charge in [0.2, 0.25) is 0 Å². The number of nitrogens with zero attached hydrogens (tertiary/aromatic N) is 3. The second kappa shape index (κ2) is 5.98. The van der Waals surface area contributed by atoms with E-state index in [4.69, 9.17) is 5.53 Å². The van der Waals surface area contributed by atoms with Crippen LogP contribution >= 0.6 is 12.6 Å².